The number of piperazine rings is 1. The molecule has 0 bridgehead atoms. The van der Waals surface area contributed by atoms with Gasteiger partial charge in [-0.3, -0.25) is 4.79 Å². The average molecular weight is 495 g/mol. The van der Waals surface area contributed by atoms with Crippen molar-refractivity contribution in [2.45, 2.75) is 44.6 Å². The molecule has 2 atom stereocenters. The largest absolute Gasteiger partial charge is 0.493 e. The zero-order valence-corrected chi connectivity index (χ0v) is 22.1. The predicted molar refractivity (Wildman–Crippen MR) is 139 cm³/mol. The van der Waals surface area contributed by atoms with E-state index in [1.165, 1.54) is 0 Å². The van der Waals surface area contributed by atoms with Crippen molar-refractivity contribution in [1.82, 2.24) is 14.7 Å². The van der Waals surface area contributed by atoms with Gasteiger partial charge in [-0.05, 0) is 45.1 Å². The van der Waals surface area contributed by atoms with Gasteiger partial charge in [0.15, 0.2) is 11.5 Å². The summed E-state index contributed by atoms with van der Waals surface area (Å²) in [6, 6.07) is 3.51. The van der Waals surface area contributed by atoms with Crippen LogP contribution in [0.25, 0.3) is 0 Å². The number of methoxy groups -OCH3 is 1. The highest BCUT2D eigenvalue weighted by atomic mass is 32.2. The van der Waals surface area contributed by atoms with Crippen LogP contribution in [0.2, 0.25) is 0 Å². The van der Waals surface area contributed by atoms with Crippen molar-refractivity contribution < 1.29 is 19.0 Å². The Kier molecular flexibility index (Phi) is 10.6. The molecule has 1 aromatic carbocycles. The van der Waals surface area contributed by atoms with Crippen LogP contribution in [-0.4, -0.2) is 104 Å². The van der Waals surface area contributed by atoms with E-state index in [4.69, 9.17) is 19.9 Å². The van der Waals surface area contributed by atoms with Crippen LogP contribution in [0.3, 0.4) is 0 Å². The molecule has 34 heavy (non-hydrogen) atoms. The number of hydrogen-bond donors (Lipinski definition) is 1. The predicted octanol–water partition coefficient (Wildman–Crippen LogP) is 3.01. The first kappa shape index (κ1) is 26.9. The number of likely N-dealkylation sites (tertiary alicyclic amines) is 1. The number of amides is 1. The quantitative estimate of drug-likeness (QED) is 0.270. The third-order valence-electron chi connectivity index (χ3n) is 6.57. The number of thioether (sulfide) groups is 1. The molecule has 9 heteroatoms. The lowest BCUT2D eigenvalue weighted by molar-refractivity contribution is 0.0461. The molecule has 8 nitrogen and oxygen atoms in total. The number of nitrogens with zero attached hydrogens (tertiary/aromatic N) is 3. The fraction of sp³-hybridized carbons (Fsp3) is 0.720. The van der Waals surface area contributed by atoms with Crippen LogP contribution in [0.4, 0.5) is 5.69 Å². The Labute approximate surface area is 209 Å². The maximum Gasteiger partial charge on any atom is 0.256 e. The van der Waals surface area contributed by atoms with E-state index in [-0.39, 0.29) is 17.4 Å². The second kappa shape index (κ2) is 13.4. The summed E-state index contributed by atoms with van der Waals surface area (Å²) in [6.45, 7) is 11.5. The second-order valence-corrected chi connectivity index (χ2v) is 10.3. The normalized spacial score (nSPS) is 20.5. The molecular formula is C25H42N4O4S. The first-order valence-corrected chi connectivity index (χ1v) is 13.6. The van der Waals surface area contributed by atoms with Crippen molar-refractivity contribution in [3.63, 3.8) is 0 Å². The number of anilines is 1. The number of benzene rings is 1. The average Bonchev–Trinajstić information content (AvgIpc) is 3.32. The summed E-state index contributed by atoms with van der Waals surface area (Å²) in [4.78, 5) is 20.2. The number of ether oxygens (including phenoxy) is 3. The molecule has 0 aliphatic carbocycles. The third-order valence-corrected chi connectivity index (χ3v) is 7.69. The molecule has 2 N–H and O–H groups in total. The number of hydrogen-bond acceptors (Lipinski definition) is 8. The van der Waals surface area contributed by atoms with Crippen molar-refractivity contribution in [2.24, 2.45) is 0 Å². The standard InChI is InChI=1S/C25H42N4O4S/c1-5-32-25(34-6-2)21-9-7-11-29(21)24(30)19-17-22(31-4)23(18-20(19)26)33-16-8-10-28-14-12-27(3)13-15-28/h17-18,21,25H,5-16,26H2,1-4H3/t21-,25?/m0/s1. The van der Waals surface area contributed by atoms with E-state index < -0.39 is 0 Å². The van der Waals surface area contributed by atoms with E-state index in [1.807, 2.05) is 11.8 Å². The molecule has 1 aromatic rings. The third kappa shape index (κ3) is 6.93. The Hall–Kier alpha value is -1.68. The number of carbonyl (C=O) groups is 1. The van der Waals surface area contributed by atoms with Gasteiger partial charge in [0, 0.05) is 57.6 Å². The van der Waals surface area contributed by atoms with Gasteiger partial charge in [0.1, 0.15) is 5.44 Å². The molecule has 2 fully saturated rings. The molecule has 1 amide bonds. The molecule has 0 spiro atoms. The molecule has 2 aliphatic rings. The minimum absolute atomic E-state index is 0.0209. The number of carbonyl (C=O) groups excluding carboxylic acids is 1. The lowest BCUT2D eigenvalue weighted by atomic mass is 10.1. The van der Waals surface area contributed by atoms with Gasteiger partial charge in [0.25, 0.3) is 5.91 Å². The molecule has 0 radical (unpaired) electrons. The van der Waals surface area contributed by atoms with Crippen molar-refractivity contribution in [3.05, 3.63) is 17.7 Å². The number of nitrogens with two attached hydrogens (primary N) is 1. The van der Waals surface area contributed by atoms with Crippen molar-refractivity contribution in [1.29, 1.82) is 0 Å². The monoisotopic (exact) mass is 494 g/mol. The highest BCUT2D eigenvalue weighted by Crippen LogP contribution is 2.35. The fourth-order valence-corrected chi connectivity index (χ4v) is 5.72. The van der Waals surface area contributed by atoms with Gasteiger partial charge in [-0.1, -0.05) is 6.92 Å². The van der Waals surface area contributed by atoms with Crippen molar-refractivity contribution in [3.8, 4) is 11.5 Å². The second-order valence-electron chi connectivity index (χ2n) is 8.92. The number of nitrogen functional groups attached to an aromatic ring is 1. The fourth-order valence-electron chi connectivity index (χ4n) is 4.66. The van der Waals surface area contributed by atoms with Gasteiger partial charge < -0.3 is 34.6 Å². The zero-order chi connectivity index (χ0) is 24.5. The lowest BCUT2D eigenvalue weighted by Crippen LogP contribution is -2.44. The molecule has 1 unspecified atom stereocenters. The van der Waals surface area contributed by atoms with Crippen LogP contribution in [0, 0.1) is 0 Å². The minimum Gasteiger partial charge on any atom is -0.493 e. The van der Waals surface area contributed by atoms with Crippen LogP contribution in [0.1, 0.15) is 43.5 Å². The Bertz CT molecular complexity index is 782. The Morgan fingerprint density at radius 1 is 1.18 bits per heavy atom. The van der Waals surface area contributed by atoms with Crippen LogP contribution in [0.15, 0.2) is 12.1 Å². The maximum atomic E-state index is 13.5. The summed E-state index contributed by atoms with van der Waals surface area (Å²) in [5.41, 5.74) is 7.21. The minimum atomic E-state index is -0.0682. The highest BCUT2D eigenvalue weighted by Gasteiger charge is 2.36. The van der Waals surface area contributed by atoms with E-state index >= 15 is 0 Å². The first-order chi connectivity index (χ1) is 16.5. The SMILES string of the molecule is CCOC(SCC)[C@@H]1CCCN1C(=O)c1cc(OC)c(OCCCN2CCN(C)CC2)cc1N. The summed E-state index contributed by atoms with van der Waals surface area (Å²) in [5.74, 6) is 2.00. The summed E-state index contributed by atoms with van der Waals surface area (Å²) in [6.07, 6.45) is 2.83. The van der Waals surface area contributed by atoms with Gasteiger partial charge in [-0.15, -0.1) is 11.8 Å². The molecule has 192 valence electrons. The van der Waals surface area contributed by atoms with Crippen LogP contribution < -0.4 is 15.2 Å². The van der Waals surface area contributed by atoms with Crippen LogP contribution >= 0.6 is 11.8 Å². The van der Waals surface area contributed by atoms with Crippen molar-refractivity contribution >= 4 is 23.4 Å². The van der Waals surface area contributed by atoms with E-state index in [0.29, 0.717) is 42.5 Å². The molecule has 2 heterocycles. The zero-order valence-electron chi connectivity index (χ0n) is 21.3. The van der Waals surface area contributed by atoms with E-state index in [0.717, 1.165) is 57.7 Å². The molecule has 2 saturated heterocycles. The number of rotatable bonds is 12. The van der Waals surface area contributed by atoms with E-state index in [9.17, 15) is 4.79 Å². The maximum absolute atomic E-state index is 13.5. The lowest BCUT2D eigenvalue weighted by Gasteiger charge is -2.32. The van der Waals surface area contributed by atoms with Gasteiger partial charge in [-0.25, -0.2) is 0 Å². The molecule has 2 aliphatic heterocycles. The molecule has 3 rings (SSSR count). The topological polar surface area (TPSA) is 80.5 Å². The van der Waals surface area contributed by atoms with Gasteiger partial charge in [0.05, 0.1) is 25.3 Å². The van der Waals surface area contributed by atoms with Crippen LogP contribution in [-0.2, 0) is 4.74 Å². The summed E-state index contributed by atoms with van der Waals surface area (Å²) in [7, 11) is 3.76. The molecule has 0 aromatic heterocycles. The van der Waals surface area contributed by atoms with E-state index in [2.05, 4.69) is 23.8 Å². The number of likely N-dealkylation sites (N-methyl/N-ethyl adjacent to an activating group) is 1. The molecular weight excluding hydrogens is 452 g/mol. The first-order valence-electron chi connectivity index (χ1n) is 12.5. The Morgan fingerprint density at radius 3 is 2.62 bits per heavy atom. The Balaban J connectivity index is 1.63. The van der Waals surface area contributed by atoms with Crippen LogP contribution in [0.5, 0.6) is 11.5 Å². The molecule has 0 saturated carbocycles. The highest BCUT2D eigenvalue weighted by molar-refractivity contribution is 7.99. The van der Waals surface area contributed by atoms with E-state index in [1.54, 1.807) is 31.0 Å². The van der Waals surface area contributed by atoms with Gasteiger partial charge in [0.2, 0.25) is 0 Å². The Morgan fingerprint density at radius 2 is 1.94 bits per heavy atom. The van der Waals surface area contributed by atoms with Gasteiger partial charge in [-0.2, -0.15) is 0 Å². The van der Waals surface area contributed by atoms with Crippen molar-refractivity contribution in [2.75, 3.05) is 78.1 Å². The summed E-state index contributed by atoms with van der Waals surface area (Å²) in [5, 5.41) is 0. The summed E-state index contributed by atoms with van der Waals surface area (Å²) >= 11 is 1.75. The smallest absolute Gasteiger partial charge is 0.256 e. The van der Waals surface area contributed by atoms with Gasteiger partial charge >= 0.3 is 0 Å². The summed E-state index contributed by atoms with van der Waals surface area (Å²) < 4.78 is 17.6.